The van der Waals surface area contributed by atoms with Crippen LogP contribution in [0.5, 0.6) is 0 Å². The van der Waals surface area contributed by atoms with Crippen molar-refractivity contribution in [2.24, 2.45) is 21.7 Å². The zero-order chi connectivity index (χ0) is 12.8. The fourth-order valence-electron chi connectivity index (χ4n) is 1.46. The van der Waals surface area contributed by atoms with Gasteiger partial charge in [0, 0.05) is 11.8 Å². The molecule has 0 spiro atoms. The molecule has 0 unspecified atom stereocenters. The largest absolute Gasteiger partial charge is 0.369 e. The average molecular weight is 239 g/mol. The smallest absolute Gasteiger partial charge is 0.211 e. The molecule has 0 saturated carbocycles. The van der Waals surface area contributed by atoms with Crippen LogP contribution in [0.1, 0.15) is 11.3 Å². The standard InChI is InChI=1S/C13H13N5/c14-13(15)18-17-12(10-6-2-1-3-7-10)11-8-4-5-9-16-11/h1-9H,(H4,14,15,18)/b17-12-. The number of pyridine rings is 1. The van der Waals surface area contributed by atoms with Crippen molar-refractivity contribution in [1.29, 1.82) is 0 Å². The molecule has 4 N–H and O–H groups in total. The van der Waals surface area contributed by atoms with E-state index < -0.39 is 0 Å². The molecular weight excluding hydrogens is 226 g/mol. The summed E-state index contributed by atoms with van der Waals surface area (Å²) in [6.07, 6.45) is 1.70. The van der Waals surface area contributed by atoms with E-state index in [1.807, 2.05) is 48.5 Å². The monoisotopic (exact) mass is 239 g/mol. The van der Waals surface area contributed by atoms with Gasteiger partial charge in [-0.05, 0) is 12.1 Å². The van der Waals surface area contributed by atoms with E-state index in [2.05, 4.69) is 15.2 Å². The molecule has 0 fully saturated rings. The molecule has 0 atom stereocenters. The predicted molar refractivity (Wildman–Crippen MR) is 72.1 cm³/mol. The second kappa shape index (κ2) is 5.58. The van der Waals surface area contributed by atoms with Crippen molar-refractivity contribution in [3.63, 3.8) is 0 Å². The summed E-state index contributed by atoms with van der Waals surface area (Å²) in [6.45, 7) is 0. The lowest BCUT2D eigenvalue weighted by Gasteiger charge is -2.03. The van der Waals surface area contributed by atoms with E-state index in [1.165, 1.54) is 0 Å². The number of hydrogen-bond donors (Lipinski definition) is 2. The van der Waals surface area contributed by atoms with Gasteiger partial charge in [-0.2, -0.15) is 0 Å². The maximum absolute atomic E-state index is 5.30. The van der Waals surface area contributed by atoms with E-state index in [1.54, 1.807) is 6.20 Å². The zero-order valence-corrected chi connectivity index (χ0v) is 9.69. The van der Waals surface area contributed by atoms with Crippen LogP contribution in [-0.4, -0.2) is 16.7 Å². The van der Waals surface area contributed by atoms with Gasteiger partial charge in [-0.15, -0.1) is 10.2 Å². The lowest BCUT2D eigenvalue weighted by atomic mass is 10.1. The highest BCUT2D eigenvalue weighted by atomic mass is 15.3. The molecular formula is C13H13N5. The number of nitrogens with two attached hydrogens (primary N) is 2. The molecule has 2 aromatic rings. The Hall–Kier alpha value is -2.69. The van der Waals surface area contributed by atoms with E-state index in [4.69, 9.17) is 11.5 Å². The van der Waals surface area contributed by atoms with Crippen LogP contribution in [0.25, 0.3) is 0 Å². The van der Waals surface area contributed by atoms with Crippen LogP contribution in [0.4, 0.5) is 0 Å². The van der Waals surface area contributed by atoms with Gasteiger partial charge < -0.3 is 11.5 Å². The lowest BCUT2D eigenvalue weighted by Crippen LogP contribution is -2.22. The van der Waals surface area contributed by atoms with Crippen molar-refractivity contribution in [2.45, 2.75) is 0 Å². The summed E-state index contributed by atoms with van der Waals surface area (Å²) >= 11 is 0. The number of aromatic nitrogens is 1. The Morgan fingerprint density at radius 3 is 2.22 bits per heavy atom. The van der Waals surface area contributed by atoms with Crippen LogP contribution >= 0.6 is 0 Å². The summed E-state index contributed by atoms with van der Waals surface area (Å²) in [4.78, 5) is 4.25. The Morgan fingerprint density at radius 1 is 0.889 bits per heavy atom. The Labute approximate surface area is 105 Å². The van der Waals surface area contributed by atoms with Gasteiger partial charge in [0.2, 0.25) is 5.96 Å². The maximum Gasteiger partial charge on any atom is 0.211 e. The highest BCUT2D eigenvalue weighted by Gasteiger charge is 2.07. The molecule has 18 heavy (non-hydrogen) atoms. The molecule has 90 valence electrons. The Kier molecular flexibility index (Phi) is 3.66. The van der Waals surface area contributed by atoms with Crippen molar-refractivity contribution in [2.75, 3.05) is 0 Å². The lowest BCUT2D eigenvalue weighted by molar-refractivity contribution is 1.18. The van der Waals surface area contributed by atoms with Crippen LogP contribution in [0.3, 0.4) is 0 Å². The quantitative estimate of drug-likeness (QED) is 0.477. The number of rotatable bonds is 3. The third-order valence-corrected chi connectivity index (χ3v) is 2.22. The van der Waals surface area contributed by atoms with E-state index in [0.29, 0.717) is 11.4 Å². The Balaban J connectivity index is 2.49. The molecule has 0 aliphatic heterocycles. The molecule has 0 amide bonds. The highest BCUT2D eigenvalue weighted by molar-refractivity contribution is 6.11. The summed E-state index contributed by atoms with van der Waals surface area (Å²) in [5, 5.41) is 7.75. The molecule has 5 heteroatoms. The molecule has 0 radical (unpaired) electrons. The topological polar surface area (TPSA) is 89.7 Å². The fourth-order valence-corrected chi connectivity index (χ4v) is 1.46. The van der Waals surface area contributed by atoms with Gasteiger partial charge >= 0.3 is 0 Å². The second-order valence-electron chi connectivity index (χ2n) is 3.55. The summed E-state index contributed by atoms with van der Waals surface area (Å²) in [6, 6.07) is 15.2. The first kappa shape index (κ1) is 11.8. The summed E-state index contributed by atoms with van der Waals surface area (Å²) in [5.74, 6) is -0.0839. The van der Waals surface area contributed by atoms with Gasteiger partial charge in [0.1, 0.15) is 5.71 Å². The van der Waals surface area contributed by atoms with Gasteiger partial charge in [-0.25, -0.2) is 0 Å². The van der Waals surface area contributed by atoms with Crippen LogP contribution in [0.15, 0.2) is 64.9 Å². The molecule has 5 nitrogen and oxygen atoms in total. The van der Waals surface area contributed by atoms with Crippen LogP contribution < -0.4 is 11.5 Å². The maximum atomic E-state index is 5.30. The molecule has 0 aliphatic rings. The molecule has 0 aliphatic carbocycles. The number of guanidine groups is 1. The SMILES string of the molecule is NC(N)=N/N=C(/c1ccccc1)c1ccccn1. The van der Waals surface area contributed by atoms with Crippen molar-refractivity contribution in [3.8, 4) is 0 Å². The van der Waals surface area contributed by atoms with Crippen molar-refractivity contribution in [1.82, 2.24) is 4.98 Å². The molecule has 1 aromatic heterocycles. The molecule has 0 saturated heterocycles. The van der Waals surface area contributed by atoms with Crippen molar-refractivity contribution in [3.05, 3.63) is 66.0 Å². The van der Waals surface area contributed by atoms with E-state index >= 15 is 0 Å². The minimum absolute atomic E-state index is 0.0839. The second-order valence-corrected chi connectivity index (χ2v) is 3.55. The first-order chi connectivity index (χ1) is 8.77. The minimum atomic E-state index is -0.0839. The van der Waals surface area contributed by atoms with E-state index in [9.17, 15) is 0 Å². The van der Waals surface area contributed by atoms with Gasteiger partial charge in [-0.1, -0.05) is 36.4 Å². The van der Waals surface area contributed by atoms with Crippen LogP contribution in [0, 0.1) is 0 Å². The van der Waals surface area contributed by atoms with Gasteiger partial charge in [0.05, 0.1) is 5.69 Å². The number of hydrogen-bond acceptors (Lipinski definition) is 3. The number of nitrogens with zero attached hydrogens (tertiary/aromatic N) is 3. The normalized spacial score (nSPS) is 11.0. The summed E-state index contributed by atoms with van der Waals surface area (Å²) in [5.41, 5.74) is 12.8. The van der Waals surface area contributed by atoms with Crippen molar-refractivity contribution < 1.29 is 0 Å². The summed E-state index contributed by atoms with van der Waals surface area (Å²) in [7, 11) is 0. The van der Waals surface area contributed by atoms with Crippen molar-refractivity contribution >= 4 is 11.7 Å². The van der Waals surface area contributed by atoms with Gasteiger partial charge in [0.15, 0.2) is 0 Å². The zero-order valence-electron chi connectivity index (χ0n) is 9.69. The third-order valence-electron chi connectivity index (χ3n) is 2.22. The first-order valence-corrected chi connectivity index (χ1v) is 5.41. The Morgan fingerprint density at radius 2 is 1.61 bits per heavy atom. The predicted octanol–water partition coefficient (Wildman–Crippen LogP) is 1.11. The van der Waals surface area contributed by atoms with E-state index in [-0.39, 0.29) is 5.96 Å². The first-order valence-electron chi connectivity index (χ1n) is 5.41. The Bertz CT molecular complexity index is 515. The average Bonchev–Trinajstić information content (AvgIpc) is 2.41. The van der Waals surface area contributed by atoms with Crippen LogP contribution in [-0.2, 0) is 0 Å². The van der Waals surface area contributed by atoms with Crippen LogP contribution in [0.2, 0.25) is 0 Å². The number of benzene rings is 1. The molecule has 1 heterocycles. The molecule has 0 bridgehead atoms. The molecule has 2 rings (SSSR count). The minimum Gasteiger partial charge on any atom is -0.369 e. The fraction of sp³-hybridized carbons (Fsp3) is 0. The van der Waals surface area contributed by atoms with Gasteiger partial charge in [0.25, 0.3) is 0 Å². The molecule has 1 aromatic carbocycles. The third kappa shape index (κ3) is 2.91. The van der Waals surface area contributed by atoms with E-state index in [0.717, 1.165) is 5.56 Å². The summed E-state index contributed by atoms with van der Waals surface area (Å²) < 4.78 is 0. The highest BCUT2D eigenvalue weighted by Crippen LogP contribution is 2.08. The van der Waals surface area contributed by atoms with Gasteiger partial charge in [-0.3, -0.25) is 4.98 Å².